The Labute approximate surface area is 217 Å². The van der Waals surface area contributed by atoms with Gasteiger partial charge in [-0.25, -0.2) is 9.78 Å². The minimum absolute atomic E-state index is 0.102. The average molecular weight is 523 g/mol. The van der Waals surface area contributed by atoms with Crippen molar-refractivity contribution in [3.8, 4) is 22.4 Å². The third-order valence-electron chi connectivity index (χ3n) is 6.09. The van der Waals surface area contributed by atoms with Gasteiger partial charge in [0.1, 0.15) is 11.7 Å². The molecule has 37 heavy (non-hydrogen) atoms. The highest BCUT2D eigenvalue weighted by molar-refractivity contribution is 7.08. The summed E-state index contributed by atoms with van der Waals surface area (Å²) in [6, 6.07) is 13.8. The molecule has 0 saturated carbocycles. The Balaban J connectivity index is 1.59. The van der Waals surface area contributed by atoms with E-state index >= 15 is 0 Å². The van der Waals surface area contributed by atoms with Crippen molar-refractivity contribution in [1.29, 1.82) is 0 Å². The topological polar surface area (TPSA) is 140 Å². The highest BCUT2D eigenvalue weighted by Crippen LogP contribution is 2.27. The number of amides is 3. The van der Waals surface area contributed by atoms with Crippen LogP contribution in [0.4, 0.5) is 4.79 Å². The summed E-state index contributed by atoms with van der Waals surface area (Å²) in [5.41, 5.74) is 3.23. The first-order chi connectivity index (χ1) is 17.8. The molecule has 1 saturated heterocycles. The summed E-state index contributed by atoms with van der Waals surface area (Å²) in [7, 11) is 0. The lowest BCUT2D eigenvalue weighted by atomic mass is 10.0. The molecule has 0 radical (unpaired) electrons. The van der Waals surface area contributed by atoms with Crippen LogP contribution in [0.5, 0.6) is 0 Å². The highest BCUT2D eigenvalue weighted by Gasteiger charge is 2.31. The van der Waals surface area contributed by atoms with Gasteiger partial charge in [0.05, 0.1) is 5.69 Å². The summed E-state index contributed by atoms with van der Waals surface area (Å²) >= 11 is 1.52. The summed E-state index contributed by atoms with van der Waals surface area (Å²) in [6.07, 6.45) is -1.48. The second-order valence-electron chi connectivity index (χ2n) is 8.56. The lowest BCUT2D eigenvalue weighted by Gasteiger charge is -2.35. The van der Waals surface area contributed by atoms with Crippen molar-refractivity contribution < 1.29 is 29.4 Å². The summed E-state index contributed by atoms with van der Waals surface area (Å²) in [6.45, 7) is 0.611. The lowest BCUT2D eigenvalue weighted by molar-refractivity contribution is -0.138. The molecule has 1 aliphatic rings. The molecule has 11 heteroatoms. The van der Waals surface area contributed by atoms with E-state index in [1.807, 2.05) is 53.2 Å². The van der Waals surface area contributed by atoms with Crippen molar-refractivity contribution in [3.63, 3.8) is 0 Å². The van der Waals surface area contributed by atoms with E-state index in [9.17, 15) is 24.3 Å². The standard InChI is InChI=1S/C26H26N4O6S/c31-23(32)7-6-20(25(34)29-9-11-30(12-10-29)26(35)36)28-24(33)22-15-19(18-8-13-37-16-18)14-21(27-22)17-4-2-1-3-5-17/h1-5,8,13-16,20H,6-7,9-12H2,(H,28,33)(H,31,32)(H,35,36)/t20-/m0/s1. The van der Waals surface area contributed by atoms with Crippen LogP contribution in [0, 0.1) is 0 Å². The number of pyridine rings is 1. The Morgan fingerprint density at radius 3 is 2.24 bits per heavy atom. The lowest BCUT2D eigenvalue weighted by Crippen LogP contribution is -2.55. The molecule has 0 spiro atoms. The van der Waals surface area contributed by atoms with Crippen LogP contribution in [0.2, 0.25) is 0 Å². The van der Waals surface area contributed by atoms with Crippen molar-refractivity contribution in [1.82, 2.24) is 20.1 Å². The van der Waals surface area contributed by atoms with Crippen LogP contribution >= 0.6 is 11.3 Å². The van der Waals surface area contributed by atoms with Crippen molar-refractivity contribution in [3.05, 3.63) is 65.0 Å². The van der Waals surface area contributed by atoms with E-state index in [1.54, 1.807) is 6.07 Å². The third-order valence-corrected chi connectivity index (χ3v) is 6.78. The molecule has 0 bridgehead atoms. The van der Waals surface area contributed by atoms with E-state index in [2.05, 4.69) is 10.3 Å². The molecule has 10 nitrogen and oxygen atoms in total. The molecule has 1 fully saturated rings. The largest absolute Gasteiger partial charge is 0.481 e. The number of aromatic nitrogens is 1. The predicted molar refractivity (Wildman–Crippen MR) is 137 cm³/mol. The summed E-state index contributed by atoms with van der Waals surface area (Å²) < 4.78 is 0. The minimum Gasteiger partial charge on any atom is -0.481 e. The third kappa shape index (κ3) is 6.50. The Hall–Kier alpha value is -4.25. The molecule has 3 N–H and O–H groups in total. The van der Waals surface area contributed by atoms with E-state index in [4.69, 9.17) is 5.11 Å². The normalized spacial score (nSPS) is 14.2. The van der Waals surface area contributed by atoms with Gasteiger partial charge in [0.15, 0.2) is 0 Å². The van der Waals surface area contributed by atoms with Gasteiger partial charge in [-0.2, -0.15) is 11.3 Å². The molecule has 1 atom stereocenters. The summed E-state index contributed by atoms with van der Waals surface area (Å²) in [5, 5.41) is 24.9. The predicted octanol–water partition coefficient (Wildman–Crippen LogP) is 3.26. The number of rotatable bonds is 8. The fraction of sp³-hybridized carbons (Fsp3) is 0.269. The number of hydrogen-bond acceptors (Lipinski definition) is 6. The smallest absolute Gasteiger partial charge is 0.407 e. The van der Waals surface area contributed by atoms with Gasteiger partial charge in [-0.15, -0.1) is 0 Å². The minimum atomic E-state index is -1.09. The molecule has 3 aromatic rings. The number of piperazine rings is 1. The van der Waals surface area contributed by atoms with E-state index in [-0.39, 0.29) is 44.7 Å². The van der Waals surface area contributed by atoms with Gasteiger partial charge in [0.25, 0.3) is 5.91 Å². The van der Waals surface area contributed by atoms with Crippen LogP contribution in [0.25, 0.3) is 22.4 Å². The van der Waals surface area contributed by atoms with Gasteiger partial charge in [-0.05, 0) is 46.5 Å². The van der Waals surface area contributed by atoms with E-state index in [0.29, 0.717) is 5.69 Å². The molecular weight excluding hydrogens is 496 g/mol. The number of thiophene rings is 1. The van der Waals surface area contributed by atoms with Crippen molar-refractivity contribution in [2.45, 2.75) is 18.9 Å². The van der Waals surface area contributed by atoms with Crippen LogP contribution < -0.4 is 5.32 Å². The van der Waals surface area contributed by atoms with Crippen molar-refractivity contribution in [2.75, 3.05) is 26.2 Å². The van der Waals surface area contributed by atoms with Gasteiger partial charge < -0.3 is 25.3 Å². The molecular formula is C26H26N4O6S. The zero-order valence-electron chi connectivity index (χ0n) is 19.9. The quantitative estimate of drug-likeness (QED) is 0.412. The first-order valence-corrected chi connectivity index (χ1v) is 12.7. The van der Waals surface area contributed by atoms with E-state index < -0.39 is 29.9 Å². The van der Waals surface area contributed by atoms with Gasteiger partial charge in [-0.3, -0.25) is 14.4 Å². The number of hydrogen-bond donors (Lipinski definition) is 3. The molecule has 0 unspecified atom stereocenters. The maximum Gasteiger partial charge on any atom is 0.407 e. The van der Waals surface area contributed by atoms with Gasteiger partial charge in [0.2, 0.25) is 5.91 Å². The first-order valence-electron chi connectivity index (χ1n) is 11.7. The van der Waals surface area contributed by atoms with Crippen molar-refractivity contribution >= 4 is 35.2 Å². The Morgan fingerprint density at radius 2 is 1.62 bits per heavy atom. The number of nitrogens with zero attached hydrogens (tertiary/aromatic N) is 3. The number of carbonyl (C=O) groups excluding carboxylic acids is 2. The monoisotopic (exact) mass is 522 g/mol. The number of carboxylic acid groups (broad SMARTS) is 2. The van der Waals surface area contributed by atoms with E-state index in [1.165, 1.54) is 21.1 Å². The number of benzene rings is 1. The first kappa shape index (κ1) is 25.8. The molecule has 1 aromatic carbocycles. The fourth-order valence-electron chi connectivity index (χ4n) is 4.09. The zero-order chi connectivity index (χ0) is 26.4. The van der Waals surface area contributed by atoms with Gasteiger partial charge in [0, 0.05) is 38.2 Å². The second kappa shape index (κ2) is 11.7. The highest BCUT2D eigenvalue weighted by atomic mass is 32.1. The Morgan fingerprint density at radius 1 is 0.919 bits per heavy atom. The Bertz CT molecular complexity index is 1270. The zero-order valence-corrected chi connectivity index (χ0v) is 20.7. The second-order valence-corrected chi connectivity index (χ2v) is 9.34. The van der Waals surface area contributed by atoms with Gasteiger partial charge in [-0.1, -0.05) is 30.3 Å². The maximum atomic E-state index is 13.4. The van der Waals surface area contributed by atoms with Gasteiger partial charge >= 0.3 is 12.1 Å². The Kier molecular flexibility index (Phi) is 8.14. The van der Waals surface area contributed by atoms with Crippen LogP contribution in [0.3, 0.4) is 0 Å². The van der Waals surface area contributed by atoms with Crippen LogP contribution in [-0.2, 0) is 9.59 Å². The summed E-state index contributed by atoms with van der Waals surface area (Å²) in [5.74, 6) is -2.13. The molecule has 3 amide bonds. The van der Waals surface area contributed by atoms with E-state index in [0.717, 1.165) is 16.7 Å². The number of carbonyl (C=O) groups is 4. The maximum absolute atomic E-state index is 13.4. The summed E-state index contributed by atoms with van der Waals surface area (Å²) in [4.78, 5) is 56.2. The number of nitrogens with one attached hydrogen (secondary N) is 1. The molecule has 1 aliphatic heterocycles. The molecule has 2 aromatic heterocycles. The average Bonchev–Trinajstić information content (AvgIpc) is 3.46. The number of aliphatic carboxylic acids is 1. The van der Waals surface area contributed by atoms with Crippen LogP contribution in [0.1, 0.15) is 23.3 Å². The number of carboxylic acids is 1. The SMILES string of the molecule is O=C(O)CC[C@H](NC(=O)c1cc(-c2ccsc2)cc(-c2ccccc2)n1)C(=O)N1CCN(C(=O)O)CC1. The van der Waals surface area contributed by atoms with Crippen LogP contribution in [0.15, 0.2) is 59.3 Å². The molecule has 0 aliphatic carbocycles. The molecule has 3 heterocycles. The van der Waals surface area contributed by atoms with Crippen LogP contribution in [-0.4, -0.2) is 81.1 Å². The van der Waals surface area contributed by atoms with Crippen molar-refractivity contribution in [2.24, 2.45) is 0 Å². The fourth-order valence-corrected chi connectivity index (χ4v) is 4.76. The molecule has 4 rings (SSSR count). The molecule has 192 valence electrons.